The molecule has 0 bridgehead atoms. The molecule has 1 aliphatic rings. The van der Waals surface area contributed by atoms with Crippen LogP contribution in [-0.2, 0) is 12.0 Å². The first kappa shape index (κ1) is 14.7. The highest BCUT2D eigenvalue weighted by atomic mass is 79.9. The van der Waals surface area contributed by atoms with Gasteiger partial charge < -0.3 is 15.2 Å². The number of hydrogen-bond donors (Lipinski definition) is 1. The number of halogens is 1. The molecule has 106 valence electrons. The molecule has 0 aromatic heterocycles. The topological polar surface area (TPSA) is 44.5 Å². The highest BCUT2D eigenvalue weighted by Gasteiger charge is 2.35. The van der Waals surface area contributed by atoms with Crippen molar-refractivity contribution in [2.45, 2.75) is 44.6 Å². The van der Waals surface area contributed by atoms with Gasteiger partial charge >= 0.3 is 0 Å². The molecule has 1 fully saturated rings. The lowest BCUT2D eigenvalue weighted by Gasteiger charge is -2.28. The second-order valence-electron chi connectivity index (χ2n) is 5.18. The molecule has 0 heterocycles. The third kappa shape index (κ3) is 2.48. The average Bonchev–Trinajstić information content (AvgIpc) is 2.85. The Morgan fingerprint density at radius 1 is 1.21 bits per heavy atom. The maximum Gasteiger partial charge on any atom is 0.141 e. The molecule has 0 atom stereocenters. The molecule has 2 rings (SSSR count). The summed E-state index contributed by atoms with van der Waals surface area (Å²) in [4.78, 5) is 0. The van der Waals surface area contributed by atoms with Gasteiger partial charge in [0, 0.05) is 11.1 Å². The van der Waals surface area contributed by atoms with Crippen molar-refractivity contribution in [3.8, 4) is 11.5 Å². The van der Waals surface area contributed by atoms with Gasteiger partial charge in [-0.15, -0.1) is 0 Å². The molecule has 1 aliphatic carbocycles. The van der Waals surface area contributed by atoms with Crippen LogP contribution >= 0.6 is 15.9 Å². The minimum absolute atomic E-state index is 0.260. The maximum atomic E-state index is 6.60. The third-order valence-corrected chi connectivity index (χ3v) is 4.80. The molecule has 1 saturated carbocycles. The average molecular weight is 328 g/mol. The molecular weight excluding hydrogens is 306 g/mol. The second-order valence-corrected chi connectivity index (χ2v) is 5.97. The number of hydrogen-bond acceptors (Lipinski definition) is 3. The Bertz CT molecular complexity index is 468. The van der Waals surface area contributed by atoms with E-state index in [1.54, 1.807) is 14.2 Å². The Labute approximate surface area is 123 Å². The smallest absolute Gasteiger partial charge is 0.141 e. The Kier molecular flexibility index (Phi) is 4.41. The van der Waals surface area contributed by atoms with Gasteiger partial charge in [-0.3, -0.25) is 0 Å². The van der Waals surface area contributed by atoms with Crippen LogP contribution in [0.4, 0.5) is 0 Å². The van der Waals surface area contributed by atoms with Crippen LogP contribution in [0.15, 0.2) is 10.5 Å². The molecule has 0 amide bonds. The number of benzene rings is 1. The van der Waals surface area contributed by atoms with Crippen LogP contribution in [-0.4, -0.2) is 14.2 Å². The Morgan fingerprint density at radius 2 is 1.79 bits per heavy atom. The van der Waals surface area contributed by atoms with Crippen LogP contribution in [0.5, 0.6) is 11.5 Å². The zero-order chi connectivity index (χ0) is 14.0. The van der Waals surface area contributed by atoms with Gasteiger partial charge in [0.15, 0.2) is 0 Å². The van der Waals surface area contributed by atoms with E-state index in [-0.39, 0.29) is 5.54 Å². The van der Waals surface area contributed by atoms with Crippen LogP contribution < -0.4 is 15.2 Å². The molecule has 0 saturated heterocycles. The lowest BCUT2D eigenvalue weighted by atomic mass is 9.87. The van der Waals surface area contributed by atoms with Gasteiger partial charge in [0.1, 0.15) is 16.0 Å². The minimum Gasteiger partial charge on any atom is -0.495 e. The van der Waals surface area contributed by atoms with Crippen LogP contribution in [0.1, 0.15) is 43.7 Å². The van der Waals surface area contributed by atoms with E-state index in [0.29, 0.717) is 0 Å². The van der Waals surface area contributed by atoms with Gasteiger partial charge in [0.25, 0.3) is 0 Å². The van der Waals surface area contributed by atoms with E-state index in [0.717, 1.165) is 40.8 Å². The van der Waals surface area contributed by atoms with Crippen molar-refractivity contribution in [1.29, 1.82) is 0 Å². The van der Waals surface area contributed by atoms with Gasteiger partial charge in [-0.05, 0) is 46.8 Å². The van der Waals surface area contributed by atoms with Crippen LogP contribution in [0.25, 0.3) is 0 Å². The molecule has 3 nitrogen and oxygen atoms in total. The summed E-state index contributed by atoms with van der Waals surface area (Å²) in [6.45, 7) is 2.12. The molecule has 0 radical (unpaired) electrons. The van der Waals surface area contributed by atoms with Gasteiger partial charge in [-0.1, -0.05) is 19.8 Å². The van der Waals surface area contributed by atoms with Crippen molar-refractivity contribution in [1.82, 2.24) is 0 Å². The predicted molar refractivity (Wildman–Crippen MR) is 81.0 cm³/mol. The van der Waals surface area contributed by atoms with E-state index in [1.807, 2.05) is 0 Å². The van der Waals surface area contributed by atoms with Gasteiger partial charge in [0.05, 0.1) is 14.2 Å². The van der Waals surface area contributed by atoms with E-state index in [1.165, 1.54) is 18.4 Å². The van der Waals surface area contributed by atoms with E-state index in [9.17, 15) is 0 Å². The first-order valence-electron chi connectivity index (χ1n) is 6.80. The van der Waals surface area contributed by atoms with Crippen molar-refractivity contribution >= 4 is 15.9 Å². The summed E-state index contributed by atoms with van der Waals surface area (Å²) < 4.78 is 12.0. The lowest BCUT2D eigenvalue weighted by Crippen LogP contribution is -2.33. The largest absolute Gasteiger partial charge is 0.495 e. The minimum atomic E-state index is -0.260. The fraction of sp³-hybridized carbons (Fsp3) is 0.600. The Morgan fingerprint density at radius 3 is 2.26 bits per heavy atom. The van der Waals surface area contributed by atoms with Gasteiger partial charge in [-0.2, -0.15) is 0 Å². The Balaban J connectivity index is 2.63. The molecule has 2 N–H and O–H groups in total. The number of nitrogens with two attached hydrogens (primary N) is 1. The summed E-state index contributed by atoms with van der Waals surface area (Å²) in [5.41, 5.74) is 8.62. The fourth-order valence-electron chi connectivity index (χ4n) is 3.00. The lowest BCUT2D eigenvalue weighted by molar-refractivity contribution is 0.364. The fourth-order valence-corrected chi connectivity index (χ4v) is 3.79. The first-order valence-corrected chi connectivity index (χ1v) is 7.59. The molecule has 0 aliphatic heterocycles. The maximum absolute atomic E-state index is 6.60. The molecular formula is C15H22BrNO2. The molecule has 4 heteroatoms. The number of rotatable bonds is 4. The van der Waals surface area contributed by atoms with E-state index >= 15 is 0 Å². The van der Waals surface area contributed by atoms with Crippen molar-refractivity contribution in [3.05, 3.63) is 21.7 Å². The van der Waals surface area contributed by atoms with Crippen LogP contribution in [0, 0.1) is 0 Å². The molecule has 1 aromatic carbocycles. The second kappa shape index (κ2) is 5.71. The summed E-state index contributed by atoms with van der Waals surface area (Å²) in [6.07, 6.45) is 5.32. The van der Waals surface area contributed by atoms with Crippen molar-refractivity contribution in [3.63, 3.8) is 0 Å². The highest BCUT2D eigenvalue weighted by molar-refractivity contribution is 9.10. The third-order valence-electron chi connectivity index (χ3n) is 4.07. The van der Waals surface area contributed by atoms with E-state index in [4.69, 9.17) is 15.2 Å². The van der Waals surface area contributed by atoms with Crippen molar-refractivity contribution in [2.75, 3.05) is 14.2 Å². The Hall–Kier alpha value is -0.740. The van der Waals surface area contributed by atoms with Gasteiger partial charge in [0.2, 0.25) is 0 Å². The summed E-state index contributed by atoms with van der Waals surface area (Å²) in [7, 11) is 3.37. The molecule has 19 heavy (non-hydrogen) atoms. The van der Waals surface area contributed by atoms with Crippen LogP contribution in [0.2, 0.25) is 0 Å². The normalized spacial score (nSPS) is 17.5. The van der Waals surface area contributed by atoms with Gasteiger partial charge in [-0.25, -0.2) is 0 Å². The van der Waals surface area contributed by atoms with Crippen LogP contribution in [0.3, 0.4) is 0 Å². The van der Waals surface area contributed by atoms with Crippen molar-refractivity contribution < 1.29 is 9.47 Å². The summed E-state index contributed by atoms with van der Waals surface area (Å²) in [5, 5.41) is 0. The number of methoxy groups -OCH3 is 2. The molecule has 1 aromatic rings. The number of ether oxygens (including phenoxy) is 2. The van der Waals surface area contributed by atoms with Crippen molar-refractivity contribution in [2.24, 2.45) is 5.73 Å². The summed E-state index contributed by atoms with van der Waals surface area (Å²) >= 11 is 3.61. The zero-order valence-electron chi connectivity index (χ0n) is 11.9. The molecule has 0 unspecified atom stereocenters. The predicted octanol–water partition coefficient (Wildman–Crippen LogP) is 3.76. The molecule has 0 spiro atoms. The summed E-state index contributed by atoms with van der Waals surface area (Å²) in [5.74, 6) is 1.67. The highest BCUT2D eigenvalue weighted by Crippen LogP contribution is 2.47. The first-order chi connectivity index (χ1) is 9.07. The zero-order valence-corrected chi connectivity index (χ0v) is 13.5. The number of aryl methyl sites for hydroxylation is 1. The summed E-state index contributed by atoms with van der Waals surface area (Å²) in [6, 6.07) is 2.16. The quantitative estimate of drug-likeness (QED) is 0.915. The standard InChI is InChI=1S/C15H22BrNO2/c1-4-10-9-11(15(17)7-5-6-8-15)14(19-3)12(16)13(10)18-2/h9H,4-8,17H2,1-3H3. The van der Waals surface area contributed by atoms with E-state index < -0.39 is 0 Å². The monoisotopic (exact) mass is 327 g/mol. The van der Waals surface area contributed by atoms with E-state index in [2.05, 4.69) is 28.9 Å². The SMILES string of the molecule is CCc1cc(C2(N)CCCC2)c(OC)c(Br)c1OC.